The van der Waals surface area contributed by atoms with Crippen LogP contribution in [-0.2, 0) is 38.8 Å². The van der Waals surface area contributed by atoms with Gasteiger partial charge in [0.25, 0.3) is 0 Å². The molecule has 0 aromatic carbocycles. The van der Waals surface area contributed by atoms with Gasteiger partial charge in [-0.2, -0.15) is 0 Å². The zero-order chi connectivity index (χ0) is 18.3. The molecular weight excluding hydrogens is 328 g/mol. The van der Waals surface area contributed by atoms with E-state index in [2.05, 4.69) is 4.89 Å². The normalized spacial score (nSPS) is 30.8. The molecule has 1 unspecified atom stereocenters. The Labute approximate surface area is 141 Å². The number of hydrogen-bond donors (Lipinski definition) is 2. The average molecular weight is 356 g/mol. The highest BCUT2D eigenvalue weighted by Gasteiger charge is 2.50. The van der Waals surface area contributed by atoms with Crippen LogP contribution in [0.15, 0.2) is 0 Å². The first-order valence-electron chi connectivity index (χ1n) is 7.54. The van der Waals surface area contributed by atoms with E-state index < -0.39 is 49.0 Å². The molecule has 1 fully saturated rings. The van der Waals surface area contributed by atoms with Crippen LogP contribution < -0.4 is 0 Å². The van der Waals surface area contributed by atoms with E-state index in [0.717, 1.165) is 0 Å². The van der Waals surface area contributed by atoms with Crippen LogP contribution in [0, 0.1) is 0 Å². The summed E-state index contributed by atoms with van der Waals surface area (Å²) in [7, 11) is 3.97. The molecule has 1 heterocycles. The van der Waals surface area contributed by atoms with Gasteiger partial charge in [-0.25, -0.2) is 29.3 Å². The fraction of sp³-hybridized carbons (Fsp3) is 1.00. The summed E-state index contributed by atoms with van der Waals surface area (Å²) in [6.45, 7) is 4.56. The molecule has 1 saturated heterocycles. The summed E-state index contributed by atoms with van der Waals surface area (Å²) >= 11 is 0. The monoisotopic (exact) mass is 356 g/mol. The summed E-state index contributed by atoms with van der Waals surface area (Å²) in [5.74, 6) is -1.07. The average Bonchev–Trinajstić information content (AvgIpc) is 2.53. The van der Waals surface area contributed by atoms with E-state index in [1.807, 2.05) is 0 Å². The van der Waals surface area contributed by atoms with Crippen molar-refractivity contribution >= 4 is 0 Å². The van der Waals surface area contributed by atoms with Crippen LogP contribution in [0.1, 0.15) is 20.8 Å². The molecule has 1 aliphatic heterocycles. The van der Waals surface area contributed by atoms with Crippen LogP contribution in [0.4, 0.5) is 0 Å². The highest BCUT2D eigenvalue weighted by atomic mass is 17.2. The SMILES string of the molecule is COOC(C)[C@@H](OOC)[C@H](OOC)[C@@H]1OC(C)(C)O[C@@H](CO)[C@@H]1O. The van der Waals surface area contributed by atoms with E-state index in [-0.39, 0.29) is 0 Å². The van der Waals surface area contributed by atoms with Crippen molar-refractivity contribution in [1.29, 1.82) is 0 Å². The van der Waals surface area contributed by atoms with E-state index in [1.54, 1.807) is 20.8 Å². The Morgan fingerprint density at radius 3 is 2.08 bits per heavy atom. The van der Waals surface area contributed by atoms with Crippen LogP contribution in [-0.4, -0.2) is 80.6 Å². The highest BCUT2D eigenvalue weighted by molar-refractivity contribution is 4.93. The van der Waals surface area contributed by atoms with Gasteiger partial charge in [-0.05, 0) is 20.8 Å². The van der Waals surface area contributed by atoms with Crippen LogP contribution >= 0.6 is 0 Å². The second-order valence-electron chi connectivity index (χ2n) is 5.73. The maximum atomic E-state index is 10.5. The lowest BCUT2D eigenvalue weighted by molar-refractivity contribution is -0.440. The number of aliphatic hydroxyl groups is 2. The maximum Gasteiger partial charge on any atom is 0.164 e. The van der Waals surface area contributed by atoms with Gasteiger partial charge < -0.3 is 19.7 Å². The number of aliphatic hydroxyl groups excluding tert-OH is 2. The number of ether oxygens (including phenoxy) is 2. The van der Waals surface area contributed by atoms with Gasteiger partial charge in [0.1, 0.15) is 24.4 Å². The van der Waals surface area contributed by atoms with Crippen molar-refractivity contribution in [2.75, 3.05) is 27.9 Å². The largest absolute Gasteiger partial charge is 0.394 e. The van der Waals surface area contributed by atoms with E-state index in [1.165, 1.54) is 21.3 Å². The van der Waals surface area contributed by atoms with Crippen molar-refractivity contribution in [2.45, 2.75) is 63.2 Å². The molecule has 0 radical (unpaired) electrons. The molecular formula is C14H28O10. The van der Waals surface area contributed by atoms with Gasteiger partial charge in [0.05, 0.1) is 27.9 Å². The minimum atomic E-state index is -1.21. The second kappa shape index (κ2) is 9.92. The molecule has 1 aliphatic rings. The van der Waals surface area contributed by atoms with Gasteiger partial charge in [-0.1, -0.05) is 0 Å². The molecule has 24 heavy (non-hydrogen) atoms. The first-order valence-corrected chi connectivity index (χ1v) is 7.54. The predicted molar refractivity (Wildman–Crippen MR) is 78.2 cm³/mol. The fourth-order valence-corrected chi connectivity index (χ4v) is 2.60. The van der Waals surface area contributed by atoms with E-state index in [9.17, 15) is 10.2 Å². The van der Waals surface area contributed by atoms with E-state index in [0.29, 0.717) is 0 Å². The topological polar surface area (TPSA) is 114 Å². The molecule has 10 nitrogen and oxygen atoms in total. The third-order valence-corrected chi connectivity index (χ3v) is 3.53. The summed E-state index contributed by atoms with van der Waals surface area (Å²) in [6, 6.07) is 0. The van der Waals surface area contributed by atoms with Crippen molar-refractivity contribution in [3.8, 4) is 0 Å². The van der Waals surface area contributed by atoms with Gasteiger partial charge in [0.2, 0.25) is 0 Å². The molecule has 0 aromatic heterocycles. The molecule has 0 amide bonds. The minimum absolute atomic E-state index is 0.399. The lowest BCUT2D eigenvalue weighted by atomic mass is 9.95. The summed E-state index contributed by atoms with van der Waals surface area (Å²) < 4.78 is 11.3. The number of hydrogen-bond acceptors (Lipinski definition) is 10. The van der Waals surface area contributed by atoms with Gasteiger partial charge in [-0.3, -0.25) is 0 Å². The predicted octanol–water partition coefficient (Wildman–Crippen LogP) is -0.281. The van der Waals surface area contributed by atoms with Gasteiger partial charge in [0.15, 0.2) is 18.0 Å². The third kappa shape index (κ3) is 5.56. The molecule has 2 N–H and O–H groups in total. The van der Waals surface area contributed by atoms with Crippen LogP contribution in [0.25, 0.3) is 0 Å². The van der Waals surface area contributed by atoms with E-state index in [4.69, 9.17) is 33.9 Å². The Morgan fingerprint density at radius 2 is 1.58 bits per heavy atom. The Kier molecular flexibility index (Phi) is 8.95. The van der Waals surface area contributed by atoms with Crippen molar-refractivity contribution < 1.29 is 49.0 Å². The molecule has 1 rings (SSSR count). The van der Waals surface area contributed by atoms with E-state index >= 15 is 0 Å². The quantitative estimate of drug-likeness (QED) is 0.400. The first-order chi connectivity index (χ1) is 11.3. The maximum absolute atomic E-state index is 10.5. The lowest BCUT2D eigenvalue weighted by Crippen LogP contribution is -2.63. The molecule has 0 aliphatic carbocycles. The van der Waals surface area contributed by atoms with Gasteiger partial charge in [0, 0.05) is 0 Å². The van der Waals surface area contributed by atoms with Crippen LogP contribution in [0.5, 0.6) is 0 Å². The molecule has 6 atom stereocenters. The standard InChI is InChI=1S/C14H28O10/c1-8(22-17-4)11(23-18-5)13(24-19-6)12-10(16)9(7-15)20-14(2,3)21-12/h8-13,15-16H,7H2,1-6H3/t8?,9-,10-,11+,12+,13-/m0/s1. The van der Waals surface area contributed by atoms with Crippen LogP contribution in [0.2, 0.25) is 0 Å². The van der Waals surface area contributed by atoms with Crippen molar-refractivity contribution in [2.24, 2.45) is 0 Å². The smallest absolute Gasteiger partial charge is 0.164 e. The fourth-order valence-electron chi connectivity index (χ4n) is 2.60. The molecule has 0 aromatic rings. The minimum Gasteiger partial charge on any atom is -0.394 e. The highest BCUT2D eigenvalue weighted by Crippen LogP contribution is 2.32. The molecule has 144 valence electrons. The second-order valence-corrected chi connectivity index (χ2v) is 5.73. The first kappa shape index (κ1) is 21.6. The summed E-state index contributed by atoms with van der Waals surface area (Å²) in [5.41, 5.74) is 0. The van der Waals surface area contributed by atoms with Crippen molar-refractivity contribution in [3.63, 3.8) is 0 Å². The molecule has 0 spiro atoms. The molecule has 10 heteroatoms. The van der Waals surface area contributed by atoms with Crippen molar-refractivity contribution in [3.05, 3.63) is 0 Å². The summed E-state index contributed by atoms with van der Waals surface area (Å²) in [6.07, 6.45) is -5.57. The Bertz CT molecular complexity index is 352. The molecule has 0 bridgehead atoms. The van der Waals surface area contributed by atoms with Crippen molar-refractivity contribution in [1.82, 2.24) is 0 Å². The Hall–Kier alpha value is -0.400. The zero-order valence-electron chi connectivity index (χ0n) is 14.8. The summed E-state index contributed by atoms with van der Waals surface area (Å²) in [5, 5.41) is 19.9. The third-order valence-electron chi connectivity index (χ3n) is 3.53. The Morgan fingerprint density at radius 1 is 1.00 bits per heavy atom. The summed E-state index contributed by atoms with van der Waals surface area (Å²) in [4.78, 5) is 29.7. The zero-order valence-corrected chi connectivity index (χ0v) is 14.8. The van der Waals surface area contributed by atoms with Crippen LogP contribution in [0.3, 0.4) is 0 Å². The molecule has 0 saturated carbocycles. The Balaban J connectivity index is 3.08. The number of rotatable bonds is 10. The van der Waals surface area contributed by atoms with Gasteiger partial charge >= 0.3 is 0 Å². The van der Waals surface area contributed by atoms with Gasteiger partial charge in [-0.15, -0.1) is 0 Å². The lowest BCUT2D eigenvalue weighted by Gasteiger charge is -2.46.